The first-order chi connectivity index (χ1) is 14.1. The number of halogens is 1. The van der Waals surface area contributed by atoms with Crippen molar-refractivity contribution in [2.24, 2.45) is 0 Å². The molecular weight excluding hydrogens is 386 g/mol. The molecule has 2 aromatic heterocycles. The summed E-state index contributed by atoms with van der Waals surface area (Å²) in [7, 11) is 0. The summed E-state index contributed by atoms with van der Waals surface area (Å²) < 4.78 is 0. The van der Waals surface area contributed by atoms with Crippen LogP contribution in [0.3, 0.4) is 0 Å². The topological polar surface area (TPSA) is 90.8 Å². The van der Waals surface area contributed by atoms with Crippen molar-refractivity contribution in [2.45, 2.75) is 19.5 Å². The third-order valence-corrected chi connectivity index (χ3v) is 5.69. The van der Waals surface area contributed by atoms with Gasteiger partial charge in [0, 0.05) is 59.4 Å². The van der Waals surface area contributed by atoms with E-state index in [0.29, 0.717) is 18.1 Å². The minimum Gasteiger partial charge on any atom is -0.399 e. The van der Waals surface area contributed by atoms with Gasteiger partial charge in [-0.2, -0.15) is 0 Å². The molecule has 0 unspecified atom stereocenters. The molecule has 4 N–H and O–H groups in total. The molecule has 7 heteroatoms. The lowest BCUT2D eigenvalue weighted by Gasteiger charge is -2.27. The molecule has 0 bridgehead atoms. The number of aromatic amines is 2. The molecule has 146 valence electrons. The van der Waals surface area contributed by atoms with Gasteiger partial charge in [-0.1, -0.05) is 11.6 Å². The van der Waals surface area contributed by atoms with Crippen molar-refractivity contribution in [1.29, 1.82) is 0 Å². The fourth-order valence-corrected chi connectivity index (χ4v) is 4.09. The number of fused-ring (bicyclic) bond motifs is 2. The molecule has 0 amide bonds. The molecule has 0 atom stereocenters. The van der Waals surface area contributed by atoms with Gasteiger partial charge in [0.1, 0.15) is 5.82 Å². The highest BCUT2D eigenvalue weighted by Crippen LogP contribution is 2.25. The van der Waals surface area contributed by atoms with Gasteiger partial charge in [0.05, 0.1) is 11.3 Å². The molecule has 0 saturated carbocycles. The van der Waals surface area contributed by atoms with E-state index in [4.69, 9.17) is 22.3 Å². The van der Waals surface area contributed by atoms with Crippen LogP contribution in [0, 0.1) is 0 Å². The number of aromatic nitrogens is 3. The number of hydrogen-bond acceptors (Lipinski definition) is 4. The monoisotopic (exact) mass is 405 g/mol. The number of nitrogens with zero attached hydrogens (tertiary/aromatic N) is 2. The Hall–Kier alpha value is -3.09. The van der Waals surface area contributed by atoms with Crippen molar-refractivity contribution in [3.63, 3.8) is 0 Å². The Morgan fingerprint density at radius 2 is 2.00 bits per heavy atom. The smallest absolute Gasteiger partial charge is 0.255 e. The third kappa shape index (κ3) is 3.41. The van der Waals surface area contributed by atoms with Gasteiger partial charge in [0.15, 0.2) is 0 Å². The number of rotatable bonds is 3. The fourth-order valence-electron chi connectivity index (χ4n) is 3.92. The number of nitrogens with one attached hydrogen (secondary N) is 2. The van der Waals surface area contributed by atoms with E-state index in [1.54, 1.807) is 0 Å². The van der Waals surface area contributed by atoms with Gasteiger partial charge in [-0.3, -0.25) is 9.69 Å². The fraction of sp³-hybridized carbons (Fsp3) is 0.182. The first-order valence-corrected chi connectivity index (χ1v) is 9.90. The molecule has 0 aliphatic carbocycles. The van der Waals surface area contributed by atoms with Crippen LogP contribution < -0.4 is 11.3 Å². The van der Waals surface area contributed by atoms with Gasteiger partial charge in [0.25, 0.3) is 5.56 Å². The van der Waals surface area contributed by atoms with Crippen molar-refractivity contribution >= 4 is 28.2 Å². The Morgan fingerprint density at radius 3 is 2.83 bits per heavy atom. The van der Waals surface area contributed by atoms with E-state index in [9.17, 15) is 4.79 Å². The van der Waals surface area contributed by atoms with Crippen LogP contribution in [0.25, 0.3) is 22.3 Å². The number of anilines is 1. The quantitative estimate of drug-likeness (QED) is 0.453. The average molecular weight is 406 g/mol. The summed E-state index contributed by atoms with van der Waals surface area (Å²) in [6.45, 7) is 2.17. The lowest BCUT2D eigenvalue weighted by Crippen LogP contribution is -2.35. The van der Waals surface area contributed by atoms with E-state index in [2.05, 4.69) is 14.9 Å². The summed E-state index contributed by atoms with van der Waals surface area (Å²) in [5.41, 5.74) is 11.1. The van der Waals surface area contributed by atoms with Gasteiger partial charge >= 0.3 is 0 Å². The second-order valence-corrected chi connectivity index (χ2v) is 7.86. The molecule has 0 saturated heterocycles. The molecule has 0 spiro atoms. The van der Waals surface area contributed by atoms with Crippen LogP contribution in [-0.2, 0) is 19.5 Å². The summed E-state index contributed by atoms with van der Waals surface area (Å²) in [5.74, 6) is 0.591. The first-order valence-electron chi connectivity index (χ1n) is 9.53. The lowest BCUT2D eigenvalue weighted by molar-refractivity contribution is 0.242. The summed E-state index contributed by atoms with van der Waals surface area (Å²) in [6, 6.07) is 13.2. The average Bonchev–Trinajstić information content (AvgIpc) is 3.11. The number of benzene rings is 2. The van der Waals surface area contributed by atoms with Crippen molar-refractivity contribution in [3.05, 3.63) is 80.9 Å². The van der Waals surface area contributed by atoms with E-state index in [-0.39, 0.29) is 5.56 Å². The molecule has 29 heavy (non-hydrogen) atoms. The summed E-state index contributed by atoms with van der Waals surface area (Å²) in [6.07, 6.45) is 2.76. The van der Waals surface area contributed by atoms with Crippen LogP contribution in [-0.4, -0.2) is 26.4 Å². The summed E-state index contributed by atoms with van der Waals surface area (Å²) in [4.78, 5) is 26.0. The van der Waals surface area contributed by atoms with Crippen molar-refractivity contribution in [1.82, 2.24) is 19.9 Å². The molecule has 0 fully saturated rings. The lowest BCUT2D eigenvalue weighted by atomic mass is 10.0. The van der Waals surface area contributed by atoms with Crippen LogP contribution >= 0.6 is 11.6 Å². The Labute approximate surface area is 172 Å². The van der Waals surface area contributed by atoms with Gasteiger partial charge < -0.3 is 15.7 Å². The van der Waals surface area contributed by atoms with Crippen LogP contribution in [0.1, 0.15) is 16.8 Å². The van der Waals surface area contributed by atoms with Gasteiger partial charge in [-0.15, -0.1) is 0 Å². The Balaban J connectivity index is 1.41. The molecule has 3 heterocycles. The molecule has 4 aromatic rings. The van der Waals surface area contributed by atoms with Crippen molar-refractivity contribution < 1.29 is 0 Å². The maximum absolute atomic E-state index is 12.8. The maximum atomic E-state index is 12.8. The molecule has 1 aliphatic rings. The molecular formula is C22H20ClN5O. The Morgan fingerprint density at radius 1 is 1.17 bits per heavy atom. The van der Waals surface area contributed by atoms with Crippen LogP contribution in [0.5, 0.6) is 0 Å². The van der Waals surface area contributed by atoms with Crippen LogP contribution in [0.2, 0.25) is 5.02 Å². The highest BCUT2D eigenvalue weighted by molar-refractivity contribution is 6.31. The third-order valence-electron chi connectivity index (χ3n) is 5.46. The van der Waals surface area contributed by atoms with Gasteiger partial charge in [-0.05, 0) is 48.0 Å². The number of H-pyrrole nitrogens is 2. The predicted molar refractivity (Wildman–Crippen MR) is 116 cm³/mol. The van der Waals surface area contributed by atoms with Crippen LogP contribution in [0.4, 0.5) is 5.69 Å². The first kappa shape index (κ1) is 18.0. The zero-order chi connectivity index (χ0) is 20.0. The van der Waals surface area contributed by atoms with E-state index in [1.165, 1.54) is 5.56 Å². The molecule has 6 nitrogen and oxygen atoms in total. The number of hydrogen-bond donors (Lipinski definition) is 3. The standard InChI is InChI=1S/C22H20ClN5O/c23-15-3-6-19-17(9-15)14(10-25-19)11-28-8-7-20-18(12-28)22(29)27-21(26-20)13-1-4-16(24)5-2-13/h1-6,9-10,25H,7-8,11-12,24H2,(H,26,27,29). The van der Waals surface area contributed by atoms with Gasteiger partial charge in [-0.25, -0.2) is 4.98 Å². The zero-order valence-corrected chi connectivity index (χ0v) is 16.5. The SMILES string of the molecule is Nc1ccc(-c2nc3c(c(=O)[nH]2)CN(Cc2c[nH]c4ccc(Cl)cc24)CC3)cc1. The highest BCUT2D eigenvalue weighted by atomic mass is 35.5. The Kier molecular flexibility index (Phi) is 4.38. The largest absolute Gasteiger partial charge is 0.399 e. The molecule has 2 aromatic carbocycles. The minimum absolute atomic E-state index is 0.0755. The van der Waals surface area contributed by atoms with E-state index >= 15 is 0 Å². The summed E-state index contributed by atoms with van der Waals surface area (Å²) in [5, 5.41) is 1.84. The van der Waals surface area contributed by atoms with Crippen LogP contribution in [0.15, 0.2) is 53.5 Å². The van der Waals surface area contributed by atoms with E-state index < -0.39 is 0 Å². The predicted octanol–water partition coefficient (Wildman–Crippen LogP) is 3.71. The second kappa shape index (κ2) is 7.06. The number of nitrogen functional groups attached to an aromatic ring is 1. The van der Waals surface area contributed by atoms with Gasteiger partial charge in [0.2, 0.25) is 0 Å². The highest BCUT2D eigenvalue weighted by Gasteiger charge is 2.22. The Bertz CT molecular complexity index is 1260. The minimum atomic E-state index is -0.0755. The molecule has 0 radical (unpaired) electrons. The van der Waals surface area contributed by atoms with E-state index in [1.807, 2.05) is 48.7 Å². The van der Waals surface area contributed by atoms with E-state index in [0.717, 1.165) is 52.3 Å². The van der Waals surface area contributed by atoms with Crippen molar-refractivity contribution in [2.75, 3.05) is 12.3 Å². The zero-order valence-electron chi connectivity index (χ0n) is 15.7. The maximum Gasteiger partial charge on any atom is 0.255 e. The normalized spacial score (nSPS) is 14.2. The summed E-state index contributed by atoms with van der Waals surface area (Å²) >= 11 is 6.16. The number of nitrogens with two attached hydrogens (primary N) is 1. The molecule has 1 aliphatic heterocycles. The second-order valence-electron chi connectivity index (χ2n) is 7.43. The molecule has 5 rings (SSSR count). The van der Waals surface area contributed by atoms with Crippen molar-refractivity contribution in [3.8, 4) is 11.4 Å².